The molecule has 0 unspecified atom stereocenters. The van der Waals surface area contributed by atoms with E-state index >= 15 is 0 Å². The molecule has 0 aromatic rings. The van der Waals surface area contributed by atoms with Gasteiger partial charge >= 0.3 is 5.97 Å². The van der Waals surface area contributed by atoms with Crippen LogP contribution in [0.4, 0.5) is 0 Å². The van der Waals surface area contributed by atoms with Crippen LogP contribution >= 0.6 is 0 Å². The average Bonchev–Trinajstić information content (AvgIpc) is 2.18. The van der Waals surface area contributed by atoms with Gasteiger partial charge in [0, 0.05) is 6.42 Å². The van der Waals surface area contributed by atoms with Crippen LogP contribution in [0.1, 0.15) is 47.5 Å². The largest absolute Gasteiger partial charge is 0.480 e. The number of hydrogen-bond donors (Lipinski definition) is 2. The van der Waals surface area contributed by atoms with E-state index in [4.69, 9.17) is 5.11 Å². The van der Waals surface area contributed by atoms with E-state index in [0.717, 1.165) is 0 Å². The molecule has 86 valence electrons. The number of amides is 1. The third-order valence-corrected chi connectivity index (χ3v) is 0.758. The van der Waals surface area contributed by atoms with Gasteiger partial charge in [-0.15, -0.1) is 0 Å². The Morgan fingerprint density at radius 2 is 1.50 bits per heavy atom. The minimum atomic E-state index is -1.02. The maximum absolute atomic E-state index is 10.3. The topological polar surface area (TPSA) is 66.4 Å². The molecule has 0 rings (SSSR count). The van der Waals surface area contributed by atoms with Gasteiger partial charge in [-0.2, -0.15) is 0 Å². The van der Waals surface area contributed by atoms with Gasteiger partial charge < -0.3 is 10.4 Å². The van der Waals surface area contributed by atoms with Gasteiger partial charge in [0.05, 0.1) is 0 Å². The second-order valence-electron chi connectivity index (χ2n) is 2.23. The SMILES string of the molecule is CC.CCC.CCC(=O)NCC(=O)O. The molecular formula is C10H23NO3. The highest BCUT2D eigenvalue weighted by atomic mass is 16.4. The molecule has 0 aromatic heterocycles. The van der Waals surface area contributed by atoms with Crippen molar-refractivity contribution in [3.05, 3.63) is 0 Å². The fourth-order valence-electron chi connectivity index (χ4n) is 0.299. The number of rotatable bonds is 3. The summed E-state index contributed by atoms with van der Waals surface area (Å²) < 4.78 is 0. The van der Waals surface area contributed by atoms with Crippen LogP contribution in [-0.4, -0.2) is 23.5 Å². The normalized spacial score (nSPS) is 7.21. The van der Waals surface area contributed by atoms with Crippen molar-refractivity contribution in [2.45, 2.75) is 47.5 Å². The van der Waals surface area contributed by atoms with Gasteiger partial charge in [0.1, 0.15) is 6.54 Å². The molecule has 0 saturated carbocycles. The van der Waals surface area contributed by atoms with Gasteiger partial charge in [-0.1, -0.05) is 41.0 Å². The molecule has 4 nitrogen and oxygen atoms in total. The molecule has 14 heavy (non-hydrogen) atoms. The Bertz CT molecular complexity index is 135. The van der Waals surface area contributed by atoms with E-state index < -0.39 is 5.97 Å². The van der Waals surface area contributed by atoms with Crippen molar-refractivity contribution in [2.75, 3.05) is 6.54 Å². The summed E-state index contributed by atoms with van der Waals surface area (Å²) >= 11 is 0. The first-order valence-corrected chi connectivity index (χ1v) is 5.06. The molecule has 0 radical (unpaired) electrons. The van der Waals surface area contributed by atoms with Crippen LogP contribution < -0.4 is 5.32 Å². The molecule has 0 aromatic carbocycles. The number of carbonyl (C=O) groups excluding carboxylic acids is 1. The lowest BCUT2D eigenvalue weighted by Gasteiger charge is -1.95. The summed E-state index contributed by atoms with van der Waals surface area (Å²) in [4.78, 5) is 20.1. The third-order valence-electron chi connectivity index (χ3n) is 0.758. The number of nitrogens with one attached hydrogen (secondary N) is 1. The van der Waals surface area contributed by atoms with E-state index in [9.17, 15) is 9.59 Å². The molecule has 0 aliphatic rings. The maximum Gasteiger partial charge on any atom is 0.322 e. The Morgan fingerprint density at radius 3 is 1.71 bits per heavy atom. The molecule has 0 heterocycles. The summed E-state index contributed by atoms with van der Waals surface area (Å²) in [5, 5.41) is 10.2. The van der Waals surface area contributed by atoms with Crippen molar-refractivity contribution in [1.29, 1.82) is 0 Å². The van der Waals surface area contributed by atoms with Gasteiger partial charge in [0.25, 0.3) is 0 Å². The predicted molar refractivity (Wildman–Crippen MR) is 58.2 cm³/mol. The first kappa shape index (κ1) is 18.7. The van der Waals surface area contributed by atoms with E-state index in [1.807, 2.05) is 13.8 Å². The highest BCUT2D eigenvalue weighted by molar-refractivity contribution is 5.80. The summed E-state index contributed by atoms with van der Waals surface area (Å²) in [6, 6.07) is 0. The van der Waals surface area contributed by atoms with Crippen molar-refractivity contribution in [2.24, 2.45) is 0 Å². The van der Waals surface area contributed by atoms with E-state index in [1.165, 1.54) is 6.42 Å². The Morgan fingerprint density at radius 1 is 1.14 bits per heavy atom. The van der Waals surface area contributed by atoms with E-state index in [2.05, 4.69) is 19.2 Å². The van der Waals surface area contributed by atoms with Crippen molar-refractivity contribution in [1.82, 2.24) is 5.32 Å². The lowest BCUT2D eigenvalue weighted by atomic mass is 10.4. The van der Waals surface area contributed by atoms with Crippen molar-refractivity contribution in [3.63, 3.8) is 0 Å². The van der Waals surface area contributed by atoms with E-state index in [-0.39, 0.29) is 12.5 Å². The van der Waals surface area contributed by atoms with Crippen LogP contribution in [0, 0.1) is 0 Å². The minimum absolute atomic E-state index is 0.239. The second kappa shape index (κ2) is 17.9. The number of hydrogen-bond acceptors (Lipinski definition) is 2. The molecule has 0 fully saturated rings. The van der Waals surface area contributed by atoms with Crippen LogP contribution in [0.25, 0.3) is 0 Å². The summed E-state index contributed by atoms with van der Waals surface area (Å²) in [5.74, 6) is -1.26. The Hall–Kier alpha value is -1.06. The molecule has 0 saturated heterocycles. The van der Waals surface area contributed by atoms with Gasteiger partial charge in [0.2, 0.25) is 5.91 Å². The van der Waals surface area contributed by atoms with Gasteiger partial charge in [0.15, 0.2) is 0 Å². The van der Waals surface area contributed by atoms with Crippen LogP contribution in [0.3, 0.4) is 0 Å². The van der Waals surface area contributed by atoms with Gasteiger partial charge in [-0.25, -0.2) is 0 Å². The van der Waals surface area contributed by atoms with Gasteiger partial charge in [-0.3, -0.25) is 9.59 Å². The molecule has 0 atom stereocenters. The molecule has 2 N–H and O–H groups in total. The average molecular weight is 205 g/mol. The Labute approximate surface area is 86.7 Å². The lowest BCUT2D eigenvalue weighted by molar-refractivity contribution is -0.137. The van der Waals surface area contributed by atoms with Crippen molar-refractivity contribution < 1.29 is 14.7 Å². The molecule has 1 amide bonds. The Kier molecular flexibility index (Phi) is 23.8. The van der Waals surface area contributed by atoms with Crippen LogP contribution in [0.5, 0.6) is 0 Å². The molecule has 0 aliphatic heterocycles. The van der Waals surface area contributed by atoms with Gasteiger partial charge in [-0.05, 0) is 0 Å². The lowest BCUT2D eigenvalue weighted by Crippen LogP contribution is -2.28. The molecular weight excluding hydrogens is 182 g/mol. The number of carbonyl (C=O) groups is 2. The molecule has 0 aliphatic carbocycles. The second-order valence-corrected chi connectivity index (χ2v) is 2.23. The number of carboxylic acids is 1. The summed E-state index contributed by atoms with van der Waals surface area (Å²) in [5.41, 5.74) is 0. The zero-order chi connectivity index (χ0) is 12.0. The Balaban J connectivity index is -0.000000205. The van der Waals surface area contributed by atoms with E-state index in [1.54, 1.807) is 6.92 Å². The third kappa shape index (κ3) is 30.6. The number of carboxylic acid groups (broad SMARTS) is 1. The highest BCUT2D eigenvalue weighted by Crippen LogP contribution is 1.72. The predicted octanol–water partition coefficient (Wildman–Crippen LogP) is 2.04. The number of aliphatic carboxylic acids is 1. The monoisotopic (exact) mass is 205 g/mol. The standard InChI is InChI=1S/C5H9NO3.C3H8.C2H6/c1-2-4(7)6-3-5(8)9;1-3-2;1-2/h2-3H2,1H3,(H,6,7)(H,8,9);3H2,1-2H3;1-2H3. The fraction of sp³-hybridized carbons (Fsp3) is 0.800. The molecule has 4 heteroatoms. The van der Waals surface area contributed by atoms with Crippen molar-refractivity contribution in [3.8, 4) is 0 Å². The fourth-order valence-corrected chi connectivity index (χ4v) is 0.299. The maximum atomic E-state index is 10.3. The molecule has 0 spiro atoms. The highest BCUT2D eigenvalue weighted by Gasteiger charge is 1.98. The summed E-state index contributed by atoms with van der Waals surface area (Å²) in [7, 11) is 0. The quantitative estimate of drug-likeness (QED) is 0.741. The van der Waals surface area contributed by atoms with Crippen LogP contribution in [0.2, 0.25) is 0 Å². The zero-order valence-electron chi connectivity index (χ0n) is 9.89. The first-order chi connectivity index (χ1) is 6.58. The van der Waals surface area contributed by atoms with Crippen LogP contribution in [0.15, 0.2) is 0 Å². The molecule has 0 bridgehead atoms. The summed E-state index contributed by atoms with van der Waals surface area (Å²) in [6.07, 6.45) is 1.58. The van der Waals surface area contributed by atoms with Crippen LogP contribution in [-0.2, 0) is 9.59 Å². The summed E-state index contributed by atoms with van der Waals surface area (Å²) in [6.45, 7) is 9.63. The smallest absolute Gasteiger partial charge is 0.322 e. The first-order valence-electron chi connectivity index (χ1n) is 5.06. The van der Waals surface area contributed by atoms with E-state index in [0.29, 0.717) is 6.42 Å². The zero-order valence-corrected chi connectivity index (χ0v) is 9.89. The van der Waals surface area contributed by atoms with Crippen molar-refractivity contribution >= 4 is 11.9 Å². The minimum Gasteiger partial charge on any atom is -0.480 e.